The van der Waals surface area contributed by atoms with Crippen molar-refractivity contribution in [3.8, 4) is 5.75 Å². The molecule has 0 aromatic heterocycles. The number of carbonyl (C=O) groups is 1. The molecule has 2 atom stereocenters. The number of rotatable bonds is 3. The second-order valence-electron chi connectivity index (χ2n) is 5.06. The van der Waals surface area contributed by atoms with E-state index in [1.165, 1.54) is 0 Å². The molecule has 0 spiro atoms. The van der Waals surface area contributed by atoms with Gasteiger partial charge < -0.3 is 15.2 Å². The van der Waals surface area contributed by atoms with Crippen molar-refractivity contribution in [3.05, 3.63) is 42.0 Å². The molecule has 0 amide bonds. The zero-order valence-corrected chi connectivity index (χ0v) is 11.3. The van der Waals surface area contributed by atoms with E-state index >= 15 is 0 Å². The van der Waals surface area contributed by atoms with Crippen LogP contribution in [0.15, 0.2) is 36.4 Å². The van der Waals surface area contributed by atoms with Crippen molar-refractivity contribution in [2.75, 3.05) is 6.61 Å². The van der Waals surface area contributed by atoms with Gasteiger partial charge in [-0.25, -0.2) is 4.79 Å². The van der Waals surface area contributed by atoms with Crippen LogP contribution in [-0.2, 0) is 9.53 Å². The van der Waals surface area contributed by atoms with E-state index in [0.717, 1.165) is 16.3 Å². The molecule has 0 radical (unpaired) electrons. The highest BCUT2D eigenvalue weighted by Crippen LogP contribution is 2.34. The van der Waals surface area contributed by atoms with Crippen LogP contribution in [0.25, 0.3) is 10.8 Å². The summed E-state index contributed by atoms with van der Waals surface area (Å²) in [5, 5.41) is 2.04. The Kier molecular flexibility index (Phi) is 3.32. The zero-order chi connectivity index (χ0) is 14.1. The summed E-state index contributed by atoms with van der Waals surface area (Å²) in [6, 6.07) is 11.7. The lowest BCUT2D eigenvalue weighted by molar-refractivity contribution is -0.143. The van der Waals surface area contributed by atoms with Gasteiger partial charge in [-0.1, -0.05) is 36.4 Å². The van der Waals surface area contributed by atoms with Crippen LogP contribution in [0.3, 0.4) is 0 Å². The lowest BCUT2D eigenvalue weighted by atomic mass is 10.0. The lowest BCUT2D eigenvalue weighted by Crippen LogP contribution is -2.23. The van der Waals surface area contributed by atoms with Gasteiger partial charge in [0.05, 0.1) is 6.61 Å². The number of benzene rings is 2. The zero-order valence-electron chi connectivity index (χ0n) is 11.3. The van der Waals surface area contributed by atoms with E-state index in [1.807, 2.05) is 43.3 Å². The number of esters is 1. The van der Waals surface area contributed by atoms with Crippen LogP contribution in [0.5, 0.6) is 5.75 Å². The van der Waals surface area contributed by atoms with E-state index in [1.54, 1.807) is 0 Å². The van der Waals surface area contributed by atoms with Crippen LogP contribution >= 0.6 is 0 Å². The summed E-state index contributed by atoms with van der Waals surface area (Å²) in [6.45, 7) is 2.33. The summed E-state index contributed by atoms with van der Waals surface area (Å²) >= 11 is 0. The smallest absolute Gasteiger partial charge is 0.347 e. The number of nitrogens with two attached hydrogens (primary N) is 1. The fourth-order valence-electron chi connectivity index (χ4n) is 2.48. The van der Waals surface area contributed by atoms with Crippen molar-refractivity contribution in [3.63, 3.8) is 0 Å². The molecule has 4 heteroatoms. The summed E-state index contributed by atoms with van der Waals surface area (Å²) in [5.74, 6) is 0.399. The Morgan fingerprint density at radius 3 is 2.80 bits per heavy atom. The van der Waals surface area contributed by atoms with Gasteiger partial charge in [-0.05, 0) is 12.3 Å². The third-order valence-corrected chi connectivity index (χ3v) is 3.55. The average molecular weight is 271 g/mol. The molecule has 2 N–H and O–H groups in total. The highest BCUT2D eigenvalue weighted by Gasteiger charge is 2.29. The van der Waals surface area contributed by atoms with Gasteiger partial charge in [-0.3, -0.25) is 0 Å². The molecule has 1 saturated heterocycles. The average Bonchev–Trinajstić information content (AvgIpc) is 2.84. The van der Waals surface area contributed by atoms with Gasteiger partial charge in [0.25, 0.3) is 0 Å². The number of cyclic esters (lactones) is 1. The van der Waals surface area contributed by atoms with E-state index < -0.39 is 6.10 Å². The van der Waals surface area contributed by atoms with Crippen LogP contribution in [0.2, 0.25) is 0 Å². The van der Waals surface area contributed by atoms with Gasteiger partial charge in [0.1, 0.15) is 5.75 Å². The third-order valence-electron chi connectivity index (χ3n) is 3.55. The quantitative estimate of drug-likeness (QED) is 0.871. The van der Waals surface area contributed by atoms with Gasteiger partial charge >= 0.3 is 5.97 Å². The van der Waals surface area contributed by atoms with Crippen LogP contribution in [-0.4, -0.2) is 18.7 Å². The minimum atomic E-state index is -0.529. The summed E-state index contributed by atoms with van der Waals surface area (Å²) in [4.78, 5) is 11.6. The van der Waals surface area contributed by atoms with Crippen LogP contribution < -0.4 is 10.5 Å². The van der Waals surface area contributed by atoms with Crippen molar-refractivity contribution in [2.24, 2.45) is 5.73 Å². The second kappa shape index (κ2) is 5.13. The first-order chi connectivity index (χ1) is 9.66. The minimum absolute atomic E-state index is 0.160. The molecule has 2 aromatic rings. The molecule has 4 nitrogen and oxygen atoms in total. The normalized spacial score (nSPS) is 19.9. The Bertz CT molecular complexity index is 651. The molecule has 1 aliphatic heterocycles. The molecule has 20 heavy (non-hydrogen) atoms. The third kappa shape index (κ3) is 2.23. The maximum Gasteiger partial charge on any atom is 0.347 e. The summed E-state index contributed by atoms with van der Waals surface area (Å²) in [5.41, 5.74) is 6.92. The number of carbonyl (C=O) groups excluding carboxylic acids is 1. The monoisotopic (exact) mass is 271 g/mol. The van der Waals surface area contributed by atoms with E-state index in [2.05, 4.69) is 0 Å². The lowest BCUT2D eigenvalue weighted by Gasteiger charge is -2.18. The molecule has 0 aliphatic carbocycles. The van der Waals surface area contributed by atoms with E-state index in [0.29, 0.717) is 18.8 Å². The van der Waals surface area contributed by atoms with Crippen molar-refractivity contribution in [1.29, 1.82) is 0 Å². The highest BCUT2D eigenvalue weighted by molar-refractivity contribution is 5.90. The highest BCUT2D eigenvalue weighted by atomic mass is 16.6. The molecular weight excluding hydrogens is 254 g/mol. The molecular formula is C16H17NO3. The summed E-state index contributed by atoms with van der Waals surface area (Å²) in [6.07, 6.45) is 0.0544. The number of hydrogen-bond acceptors (Lipinski definition) is 4. The Morgan fingerprint density at radius 1 is 1.30 bits per heavy atom. The molecule has 0 bridgehead atoms. The van der Waals surface area contributed by atoms with Crippen molar-refractivity contribution in [1.82, 2.24) is 0 Å². The first-order valence-corrected chi connectivity index (χ1v) is 6.77. The molecule has 1 heterocycles. The molecule has 1 aliphatic rings. The van der Waals surface area contributed by atoms with Gasteiger partial charge in [-0.2, -0.15) is 0 Å². The van der Waals surface area contributed by atoms with Gasteiger partial charge in [0.2, 0.25) is 0 Å². The molecule has 3 rings (SSSR count). The first kappa shape index (κ1) is 12.9. The van der Waals surface area contributed by atoms with Crippen molar-refractivity contribution in [2.45, 2.75) is 25.5 Å². The van der Waals surface area contributed by atoms with E-state index in [9.17, 15) is 4.79 Å². The van der Waals surface area contributed by atoms with E-state index in [4.69, 9.17) is 15.2 Å². The van der Waals surface area contributed by atoms with Crippen LogP contribution in [0.4, 0.5) is 0 Å². The largest absolute Gasteiger partial charge is 0.478 e. The first-order valence-electron chi connectivity index (χ1n) is 6.77. The molecule has 2 unspecified atom stereocenters. The van der Waals surface area contributed by atoms with Crippen molar-refractivity contribution < 1.29 is 14.3 Å². The summed E-state index contributed by atoms with van der Waals surface area (Å²) in [7, 11) is 0. The predicted octanol–water partition coefficient (Wildman–Crippen LogP) is 2.55. The Balaban J connectivity index is 2.09. The minimum Gasteiger partial charge on any atom is -0.478 e. The number of fused-ring (bicyclic) bond motifs is 1. The maximum absolute atomic E-state index is 11.6. The van der Waals surface area contributed by atoms with E-state index in [-0.39, 0.29) is 12.0 Å². The summed E-state index contributed by atoms with van der Waals surface area (Å²) < 4.78 is 10.9. The molecule has 2 aromatic carbocycles. The van der Waals surface area contributed by atoms with Gasteiger partial charge in [-0.15, -0.1) is 0 Å². The standard InChI is InChI=1S/C16H17NO3/c1-10(17)12-7-6-11-4-2-3-5-13(11)15(12)20-14-8-9-19-16(14)18/h2-7,10,14H,8-9,17H2,1H3. The molecule has 0 saturated carbocycles. The van der Waals surface area contributed by atoms with Crippen LogP contribution in [0.1, 0.15) is 24.9 Å². The number of ether oxygens (including phenoxy) is 2. The molecule has 104 valence electrons. The Morgan fingerprint density at radius 2 is 2.10 bits per heavy atom. The molecule has 1 fully saturated rings. The second-order valence-corrected chi connectivity index (χ2v) is 5.06. The van der Waals surface area contributed by atoms with Gasteiger partial charge in [0, 0.05) is 23.4 Å². The van der Waals surface area contributed by atoms with Crippen molar-refractivity contribution >= 4 is 16.7 Å². The Hall–Kier alpha value is -2.07. The fraction of sp³-hybridized carbons (Fsp3) is 0.312. The predicted molar refractivity (Wildman–Crippen MR) is 76.5 cm³/mol. The van der Waals surface area contributed by atoms with Gasteiger partial charge in [0.15, 0.2) is 6.10 Å². The van der Waals surface area contributed by atoms with Crippen LogP contribution in [0, 0.1) is 0 Å². The SMILES string of the molecule is CC(N)c1ccc2ccccc2c1OC1CCOC1=O. The topological polar surface area (TPSA) is 61.6 Å². The fourth-order valence-corrected chi connectivity index (χ4v) is 2.48. The number of hydrogen-bond donors (Lipinski definition) is 1. The maximum atomic E-state index is 11.6. The Labute approximate surface area is 117 Å².